The van der Waals surface area contributed by atoms with Crippen LogP contribution in [0.1, 0.15) is 17.0 Å². The van der Waals surface area contributed by atoms with Gasteiger partial charge in [0.05, 0.1) is 12.1 Å². The van der Waals surface area contributed by atoms with E-state index in [1.54, 1.807) is 0 Å². The molecule has 0 aliphatic carbocycles. The number of nitrogens with one attached hydrogen (secondary N) is 1. The third-order valence-corrected chi connectivity index (χ3v) is 3.36. The molecular weight excluding hydrogens is 319 g/mol. The molecule has 0 bridgehead atoms. The van der Waals surface area contributed by atoms with Gasteiger partial charge in [-0.05, 0) is 23.8 Å². The quantitative estimate of drug-likeness (QED) is 0.765. The fourth-order valence-electron chi connectivity index (χ4n) is 2.19. The summed E-state index contributed by atoms with van der Waals surface area (Å²) >= 11 is 0. The SMILES string of the molecule is FC(F)(F)c1cccc(-c2nc(CNCc3ccccc3)no2)c1. The van der Waals surface area contributed by atoms with Crippen molar-refractivity contribution >= 4 is 0 Å². The number of halogens is 3. The van der Waals surface area contributed by atoms with Crippen LogP contribution in [0.5, 0.6) is 0 Å². The lowest BCUT2D eigenvalue weighted by Gasteiger charge is -2.06. The number of alkyl halides is 3. The number of aromatic nitrogens is 2. The van der Waals surface area contributed by atoms with Gasteiger partial charge in [-0.15, -0.1) is 0 Å². The van der Waals surface area contributed by atoms with Crippen LogP contribution in [0.4, 0.5) is 13.2 Å². The minimum absolute atomic E-state index is 0.0672. The Hall–Kier alpha value is -2.67. The lowest BCUT2D eigenvalue weighted by Crippen LogP contribution is -2.13. The Kier molecular flexibility index (Phi) is 4.61. The van der Waals surface area contributed by atoms with E-state index >= 15 is 0 Å². The third-order valence-electron chi connectivity index (χ3n) is 3.36. The molecule has 0 aliphatic rings. The molecular formula is C17H14F3N3O. The van der Waals surface area contributed by atoms with Gasteiger partial charge in [0.1, 0.15) is 0 Å². The fraction of sp³-hybridized carbons (Fsp3) is 0.176. The van der Waals surface area contributed by atoms with E-state index < -0.39 is 11.7 Å². The van der Waals surface area contributed by atoms with Crippen molar-refractivity contribution in [2.75, 3.05) is 0 Å². The summed E-state index contributed by atoms with van der Waals surface area (Å²) in [5.74, 6) is 0.455. The Bertz CT molecular complexity index is 800. The average Bonchev–Trinajstić information content (AvgIpc) is 3.04. The topological polar surface area (TPSA) is 51.0 Å². The summed E-state index contributed by atoms with van der Waals surface area (Å²) in [7, 11) is 0. The van der Waals surface area contributed by atoms with Gasteiger partial charge in [0.15, 0.2) is 5.82 Å². The number of benzene rings is 2. The van der Waals surface area contributed by atoms with Gasteiger partial charge in [-0.25, -0.2) is 0 Å². The van der Waals surface area contributed by atoms with Crippen molar-refractivity contribution < 1.29 is 17.7 Å². The Morgan fingerprint density at radius 2 is 1.75 bits per heavy atom. The van der Waals surface area contributed by atoms with E-state index in [-0.39, 0.29) is 11.5 Å². The molecule has 124 valence electrons. The van der Waals surface area contributed by atoms with Crippen LogP contribution in [0.3, 0.4) is 0 Å². The largest absolute Gasteiger partial charge is 0.416 e. The zero-order chi connectivity index (χ0) is 17.0. The number of hydrogen-bond donors (Lipinski definition) is 1. The van der Waals surface area contributed by atoms with Crippen LogP contribution in [0, 0.1) is 0 Å². The van der Waals surface area contributed by atoms with Crippen LogP contribution in [-0.4, -0.2) is 10.1 Å². The summed E-state index contributed by atoms with van der Waals surface area (Å²) in [4.78, 5) is 4.13. The maximum Gasteiger partial charge on any atom is 0.416 e. The molecule has 24 heavy (non-hydrogen) atoms. The molecule has 0 amide bonds. The van der Waals surface area contributed by atoms with Crippen molar-refractivity contribution in [2.45, 2.75) is 19.3 Å². The zero-order valence-electron chi connectivity index (χ0n) is 12.5. The molecule has 0 spiro atoms. The van der Waals surface area contributed by atoms with E-state index in [9.17, 15) is 13.2 Å². The van der Waals surface area contributed by atoms with Gasteiger partial charge in [0.25, 0.3) is 5.89 Å². The summed E-state index contributed by atoms with van der Waals surface area (Å²) in [6, 6.07) is 14.6. The molecule has 2 aromatic carbocycles. The van der Waals surface area contributed by atoms with Gasteiger partial charge < -0.3 is 9.84 Å². The zero-order valence-corrected chi connectivity index (χ0v) is 12.5. The van der Waals surface area contributed by atoms with Gasteiger partial charge in [0.2, 0.25) is 0 Å². The molecule has 0 unspecified atom stereocenters. The van der Waals surface area contributed by atoms with Gasteiger partial charge in [-0.2, -0.15) is 18.2 Å². The van der Waals surface area contributed by atoms with Crippen molar-refractivity contribution in [1.29, 1.82) is 0 Å². The first-order valence-electron chi connectivity index (χ1n) is 7.27. The molecule has 0 radical (unpaired) electrons. The molecule has 0 aliphatic heterocycles. The normalized spacial score (nSPS) is 11.6. The van der Waals surface area contributed by atoms with Gasteiger partial charge in [-0.1, -0.05) is 41.6 Å². The van der Waals surface area contributed by atoms with Crippen LogP contribution in [0.15, 0.2) is 59.1 Å². The van der Waals surface area contributed by atoms with Crippen LogP contribution in [0.25, 0.3) is 11.5 Å². The average molecular weight is 333 g/mol. The number of nitrogens with zero attached hydrogens (tertiary/aromatic N) is 2. The highest BCUT2D eigenvalue weighted by molar-refractivity contribution is 5.54. The molecule has 1 heterocycles. The summed E-state index contributed by atoms with van der Waals surface area (Å²) in [5, 5.41) is 6.94. The smallest absolute Gasteiger partial charge is 0.334 e. The maximum absolute atomic E-state index is 12.7. The van der Waals surface area contributed by atoms with Gasteiger partial charge in [-0.3, -0.25) is 0 Å². The van der Waals surface area contributed by atoms with Crippen molar-refractivity contribution in [1.82, 2.24) is 15.5 Å². The molecule has 1 N–H and O–H groups in total. The molecule has 3 aromatic rings. The summed E-state index contributed by atoms with van der Waals surface area (Å²) < 4.78 is 43.3. The van der Waals surface area contributed by atoms with Crippen molar-refractivity contribution in [3.8, 4) is 11.5 Å². The standard InChI is InChI=1S/C17H14F3N3O/c18-17(19,20)14-8-4-7-13(9-14)16-22-15(23-24-16)11-21-10-12-5-2-1-3-6-12/h1-9,21H,10-11H2. The van der Waals surface area contributed by atoms with Gasteiger partial charge >= 0.3 is 6.18 Å². The van der Waals surface area contributed by atoms with Crippen molar-refractivity contribution in [2.24, 2.45) is 0 Å². The van der Waals surface area contributed by atoms with E-state index in [1.165, 1.54) is 12.1 Å². The first-order valence-corrected chi connectivity index (χ1v) is 7.27. The predicted molar refractivity (Wildman–Crippen MR) is 81.7 cm³/mol. The molecule has 3 rings (SSSR count). The highest BCUT2D eigenvalue weighted by Crippen LogP contribution is 2.31. The second-order valence-electron chi connectivity index (χ2n) is 5.18. The Labute approximate surface area is 136 Å². The molecule has 0 fully saturated rings. The molecule has 1 aromatic heterocycles. The second kappa shape index (κ2) is 6.84. The highest BCUT2D eigenvalue weighted by Gasteiger charge is 2.30. The molecule has 0 saturated heterocycles. The summed E-state index contributed by atoms with van der Waals surface area (Å²) in [5.41, 5.74) is 0.604. The van der Waals surface area contributed by atoms with Crippen molar-refractivity contribution in [3.63, 3.8) is 0 Å². The Morgan fingerprint density at radius 1 is 0.958 bits per heavy atom. The predicted octanol–water partition coefficient (Wildman–Crippen LogP) is 4.05. The minimum Gasteiger partial charge on any atom is -0.334 e. The van der Waals surface area contributed by atoms with E-state index in [4.69, 9.17) is 4.52 Å². The lowest BCUT2D eigenvalue weighted by atomic mass is 10.1. The Balaban J connectivity index is 1.65. The number of rotatable bonds is 5. The van der Waals surface area contributed by atoms with Crippen LogP contribution in [-0.2, 0) is 19.3 Å². The molecule has 0 atom stereocenters. The third kappa shape index (κ3) is 3.99. The first kappa shape index (κ1) is 16.2. The van der Waals surface area contributed by atoms with Crippen LogP contribution in [0.2, 0.25) is 0 Å². The molecule has 0 saturated carbocycles. The highest BCUT2D eigenvalue weighted by atomic mass is 19.4. The minimum atomic E-state index is -4.41. The number of hydrogen-bond acceptors (Lipinski definition) is 4. The van der Waals surface area contributed by atoms with Crippen molar-refractivity contribution in [3.05, 3.63) is 71.5 Å². The molecule has 4 nitrogen and oxygen atoms in total. The van der Waals surface area contributed by atoms with E-state index in [0.29, 0.717) is 18.9 Å². The van der Waals surface area contributed by atoms with Gasteiger partial charge in [0, 0.05) is 12.1 Å². The van der Waals surface area contributed by atoms with Crippen LogP contribution >= 0.6 is 0 Å². The van der Waals surface area contributed by atoms with Crippen LogP contribution < -0.4 is 5.32 Å². The fourth-order valence-corrected chi connectivity index (χ4v) is 2.19. The molecule has 7 heteroatoms. The van der Waals surface area contributed by atoms with E-state index in [1.807, 2.05) is 30.3 Å². The summed E-state index contributed by atoms with van der Waals surface area (Å²) in [6.45, 7) is 0.992. The maximum atomic E-state index is 12.7. The van der Waals surface area contributed by atoms with E-state index in [0.717, 1.165) is 17.7 Å². The second-order valence-corrected chi connectivity index (χ2v) is 5.18. The van der Waals surface area contributed by atoms with E-state index in [2.05, 4.69) is 15.5 Å². The summed E-state index contributed by atoms with van der Waals surface area (Å²) in [6.07, 6.45) is -4.41. The monoisotopic (exact) mass is 333 g/mol. The lowest BCUT2D eigenvalue weighted by molar-refractivity contribution is -0.137. The first-order chi connectivity index (χ1) is 11.5. The Morgan fingerprint density at radius 3 is 2.50 bits per heavy atom.